The Hall–Kier alpha value is -1.92. The van der Waals surface area contributed by atoms with Crippen LogP contribution in [0.5, 0.6) is 0 Å². The van der Waals surface area contributed by atoms with Gasteiger partial charge in [-0.2, -0.15) is 0 Å². The van der Waals surface area contributed by atoms with E-state index in [1.54, 1.807) is 13.8 Å². The van der Waals surface area contributed by atoms with Gasteiger partial charge in [-0.15, -0.1) is 0 Å². The van der Waals surface area contributed by atoms with E-state index in [1.807, 2.05) is 13.8 Å². The molecule has 0 saturated heterocycles. The Balaban J connectivity index is 1.96. The first-order valence-electron chi connectivity index (χ1n) is 13.9. The van der Waals surface area contributed by atoms with Gasteiger partial charge in [0.25, 0.3) is 5.79 Å². The van der Waals surface area contributed by atoms with Crippen LogP contribution in [-0.2, 0) is 19.1 Å². The van der Waals surface area contributed by atoms with Crippen molar-refractivity contribution >= 4 is 11.8 Å². The van der Waals surface area contributed by atoms with Gasteiger partial charge in [0.1, 0.15) is 11.9 Å². The van der Waals surface area contributed by atoms with E-state index in [4.69, 9.17) is 9.47 Å². The smallest absolute Gasteiger partial charge is 0.335 e. The van der Waals surface area contributed by atoms with E-state index in [1.165, 1.54) is 5.57 Å². The van der Waals surface area contributed by atoms with E-state index >= 15 is 0 Å². The van der Waals surface area contributed by atoms with Crippen LogP contribution in [0.2, 0.25) is 0 Å². The first-order valence-corrected chi connectivity index (χ1v) is 13.9. The Labute approximate surface area is 223 Å². The number of hydrogen-bond acceptors (Lipinski definition) is 6. The number of Topliss-reactive ketones (excluding diaryl/α,β-unsaturated/α-hetero) is 1. The summed E-state index contributed by atoms with van der Waals surface area (Å²) in [6.45, 7) is 20.1. The number of aliphatic hydroxyl groups is 2. The molecule has 1 heterocycles. The molecule has 6 heteroatoms. The van der Waals surface area contributed by atoms with Crippen LogP contribution < -0.4 is 0 Å². The molecular weight excluding hydrogens is 468 g/mol. The highest BCUT2D eigenvalue weighted by Gasteiger charge is 2.61. The number of aliphatic hydroxyl groups excluding tert-OH is 1. The number of ketones is 1. The van der Waals surface area contributed by atoms with E-state index in [-0.39, 0.29) is 46.9 Å². The van der Waals surface area contributed by atoms with Crippen molar-refractivity contribution in [3.8, 4) is 0 Å². The number of fused-ring (bicyclic) bond motifs is 1. The highest BCUT2D eigenvalue weighted by molar-refractivity contribution is 6.02. The Morgan fingerprint density at radius 3 is 2.43 bits per heavy atom. The molecular formula is C31H48O6. The maximum atomic E-state index is 13.0. The number of ether oxygens (including phenoxy) is 2. The Morgan fingerprint density at radius 2 is 1.89 bits per heavy atom. The molecule has 2 fully saturated rings. The summed E-state index contributed by atoms with van der Waals surface area (Å²) in [7, 11) is 0. The molecule has 3 aliphatic rings. The Morgan fingerprint density at radius 1 is 1.24 bits per heavy atom. The van der Waals surface area contributed by atoms with Crippen LogP contribution in [0.3, 0.4) is 0 Å². The number of hydrogen-bond donors (Lipinski definition) is 2. The lowest BCUT2D eigenvalue weighted by Crippen LogP contribution is -2.58. The summed E-state index contributed by atoms with van der Waals surface area (Å²) in [6.07, 6.45) is 5.76. The van der Waals surface area contributed by atoms with Crippen LogP contribution in [0.15, 0.2) is 35.1 Å². The third kappa shape index (κ3) is 5.47. The van der Waals surface area contributed by atoms with Crippen molar-refractivity contribution in [1.29, 1.82) is 0 Å². The van der Waals surface area contributed by atoms with Gasteiger partial charge >= 0.3 is 5.97 Å². The molecule has 37 heavy (non-hydrogen) atoms. The molecule has 0 aromatic heterocycles. The Bertz CT molecular complexity index is 988. The van der Waals surface area contributed by atoms with E-state index in [0.717, 1.165) is 37.7 Å². The lowest BCUT2D eigenvalue weighted by Gasteiger charge is -2.61. The summed E-state index contributed by atoms with van der Waals surface area (Å²) in [6, 6.07) is 0. The van der Waals surface area contributed by atoms with E-state index < -0.39 is 17.9 Å². The van der Waals surface area contributed by atoms with Crippen molar-refractivity contribution in [2.24, 2.45) is 28.6 Å². The van der Waals surface area contributed by atoms with Crippen molar-refractivity contribution in [3.63, 3.8) is 0 Å². The predicted octanol–water partition coefficient (Wildman–Crippen LogP) is 6.02. The maximum absolute atomic E-state index is 13.0. The van der Waals surface area contributed by atoms with Gasteiger partial charge in [0.15, 0.2) is 6.10 Å². The lowest BCUT2D eigenvalue weighted by atomic mass is 9.45. The lowest BCUT2D eigenvalue weighted by molar-refractivity contribution is -0.205. The topological polar surface area (TPSA) is 93.1 Å². The largest absolute Gasteiger partial charge is 0.460 e. The van der Waals surface area contributed by atoms with Crippen LogP contribution in [0.1, 0.15) is 100 Å². The van der Waals surface area contributed by atoms with Crippen molar-refractivity contribution in [2.45, 2.75) is 118 Å². The third-order valence-electron chi connectivity index (χ3n) is 9.71. The minimum Gasteiger partial charge on any atom is -0.460 e. The molecule has 1 aliphatic heterocycles. The molecule has 0 spiro atoms. The summed E-state index contributed by atoms with van der Waals surface area (Å²) in [5.41, 5.74) is 2.17. The van der Waals surface area contributed by atoms with E-state index in [9.17, 15) is 19.8 Å². The van der Waals surface area contributed by atoms with Gasteiger partial charge < -0.3 is 19.7 Å². The zero-order chi connectivity index (χ0) is 27.9. The normalized spacial score (nSPS) is 36.8. The predicted molar refractivity (Wildman–Crippen MR) is 144 cm³/mol. The molecule has 6 nitrogen and oxygen atoms in total. The summed E-state index contributed by atoms with van der Waals surface area (Å²) in [5.74, 6) is -2.45. The van der Waals surface area contributed by atoms with Gasteiger partial charge in [0, 0.05) is 17.4 Å². The quantitative estimate of drug-likeness (QED) is 0.303. The van der Waals surface area contributed by atoms with Crippen LogP contribution in [-0.4, -0.2) is 40.0 Å². The highest BCUT2D eigenvalue weighted by atomic mass is 16.6. The van der Waals surface area contributed by atoms with Crippen molar-refractivity contribution in [2.75, 3.05) is 0 Å². The zero-order valence-corrected chi connectivity index (χ0v) is 24.1. The van der Waals surface area contributed by atoms with Crippen molar-refractivity contribution in [1.82, 2.24) is 0 Å². The first kappa shape index (κ1) is 29.6. The highest BCUT2D eigenvalue weighted by Crippen LogP contribution is 2.64. The summed E-state index contributed by atoms with van der Waals surface area (Å²) in [4.78, 5) is 25.8. The van der Waals surface area contributed by atoms with Gasteiger partial charge in [-0.05, 0) is 89.4 Å². The molecule has 0 amide bonds. The number of rotatable bonds is 8. The number of allylic oxidation sites excluding steroid dienone is 4. The van der Waals surface area contributed by atoms with Gasteiger partial charge in [0.2, 0.25) is 5.78 Å². The molecule has 2 aliphatic carbocycles. The standard InChI is InChI=1S/C31H48O6/c1-18(2)11-10-15-30(9)24-13-12-20(5)23(17-31(35)27(33)21(6)22(7)37-31)29(24,8)16-14-25(30)36-28(34)26(32)19(3)4/h11,19,23-26,32,35H,5,10,12-17H2,1-4,6-9H3/t23-,24-,25+,26-,29-,30+,31?/m1/s1. The second-order valence-electron chi connectivity index (χ2n) is 12.9. The molecule has 7 atom stereocenters. The van der Waals surface area contributed by atoms with Gasteiger partial charge in [-0.1, -0.05) is 51.5 Å². The van der Waals surface area contributed by atoms with Crippen LogP contribution >= 0.6 is 0 Å². The summed E-state index contributed by atoms with van der Waals surface area (Å²) >= 11 is 0. The van der Waals surface area contributed by atoms with Crippen LogP contribution in [0.4, 0.5) is 0 Å². The fourth-order valence-electron chi connectivity index (χ4n) is 7.27. The van der Waals surface area contributed by atoms with E-state index in [2.05, 4.69) is 40.3 Å². The van der Waals surface area contributed by atoms with Gasteiger partial charge in [0.05, 0.1) is 0 Å². The average Bonchev–Trinajstić information content (AvgIpc) is 3.00. The fraction of sp³-hybridized carbons (Fsp3) is 0.742. The Kier molecular flexibility index (Phi) is 8.56. The molecule has 0 aromatic carbocycles. The third-order valence-corrected chi connectivity index (χ3v) is 9.71. The molecule has 2 saturated carbocycles. The van der Waals surface area contributed by atoms with Crippen molar-refractivity contribution < 1.29 is 29.3 Å². The minimum absolute atomic E-state index is 0.111. The SMILES string of the molecule is C=C1CC[C@H]2[C@](C)(CCC=C(C)C)[C@@H](OC(=O)[C@H](O)C(C)C)CC[C@]2(C)[C@@H]1CC1(O)OC(C)=C(C)C1=O. The first-order chi connectivity index (χ1) is 17.1. The molecule has 0 aromatic rings. The van der Waals surface area contributed by atoms with Crippen molar-refractivity contribution in [3.05, 3.63) is 35.1 Å². The number of carbonyl (C=O) groups excluding carboxylic acids is 2. The molecule has 208 valence electrons. The number of carbonyl (C=O) groups is 2. The molecule has 1 unspecified atom stereocenters. The molecule has 0 bridgehead atoms. The summed E-state index contributed by atoms with van der Waals surface area (Å²) in [5, 5.41) is 21.7. The van der Waals surface area contributed by atoms with Gasteiger partial charge in [-0.25, -0.2) is 4.79 Å². The second-order valence-corrected chi connectivity index (χ2v) is 12.9. The van der Waals surface area contributed by atoms with Crippen LogP contribution in [0, 0.1) is 28.6 Å². The second kappa shape index (κ2) is 10.7. The van der Waals surface area contributed by atoms with Crippen LogP contribution in [0.25, 0.3) is 0 Å². The number of esters is 1. The molecule has 2 N–H and O–H groups in total. The average molecular weight is 517 g/mol. The monoisotopic (exact) mass is 516 g/mol. The summed E-state index contributed by atoms with van der Waals surface area (Å²) < 4.78 is 11.8. The molecule has 0 radical (unpaired) electrons. The maximum Gasteiger partial charge on any atom is 0.335 e. The zero-order valence-electron chi connectivity index (χ0n) is 24.1. The fourth-order valence-corrected chi connectivity index (χ4v) is 7.27. The minimum atomic E-state index is -1.87. The van der Waals surface area contributed by atoms with Gasteiger partial charge in [-0.3, -0.25) is 4.79 Å². The molecule has 3 rings (SSSR count). The van der Waals surface area contributed by atoms with E-state index in [0.29, 0.717) is 17.8 Å².